The largest absolute Gasteiger partial charge is 0.347 e. The van der Waals surface area contributed by atoms with Crippen LogP contribution >= 0.6 is 11.8 Å². The Bertz CT molecular complexity index is 971. The first-order valence-corrected chi connectivity index (χ1v) is 11.3. The Kier molecular flexibility index (Phi) is 5.09. The second-order valence-electron chi connectivity index (χ2n) is 7.85. The summed E-state index contributed by atoms with van der Waals surface area (Å²) in [6, 6.07) is 26.6. The highest BCUT2D eigenvalue weighted by Gasteiger charge is 2.35. The summed E-state index contributed by atoms with van der Waals surface area (Å²) in [7, 11) is 0. The first-order valence-electron chi connectivity index (χ1n) is 10.4. The fourth-order valence-corrected chi connectivity index (χ4v) is 5.82. The molecule has 0 bridgehead atoms. The molecule has 1 aliphatic heterocycles. The van der Waals surface area contributed by atoms with Crippen LogP contribution in [0.5, 0.6) is 0 Å². The highest BCUT2D eigenvalue weighted by molar-refractivity contribution is 8.14. The number of rotatable bonds is 3. The van der Waals surface area contributed by atoms with Gasteiger partial charge in [-0.1, -0.05) is 97.8 Å². The van der Waals surface area contributed by atoms with Crippen molar-refractivity contribution in [3.8, 4) is 0 Å². The van der Waals surface area contributed by atoms with Crippen molar-refractivity contribution in [2.45, 2.75) is 43.4 Å². The van der Waals surface area contributed by atoms with Gasteiger partial charge in [-0.3, -0.25) is 0 Å². The zero-order chi connectivity index (χ0) is 18.8. The summed E-state index contributed by atoms with van der Waals surface area (Å²) in [5.41, 5.74) is 2.51. The molecule has 0 amide bonds. The van der Waals surface area contributed by atoms with Gasteiger partial charge < -0.3 is 4.90 Å². The zero-order valence-corrected chi connectivity index (χ0v) is 16.9. The summed E-state index contributed by atoms with van der Waals surface area (Å²) < 4.78 is 0. The molecule has 0 radical (unpaired) electrons. The van der Waals surface area contributed by atoms with Crippen LogP contribution in [-0.4, -0.2) is 22.7 Å². The van der Waals surface area contributed by atoms with Crippen molar-refractivity contribution < 1.29 is 0 Å². The monoisotopic (exact) mass is 386 g/mol. The molecule has 3 aromatic carbocycles. The fourth-order valence-electron chi connectivity index (χ4n) is 4.53. The van der Waals surface area contributed by atoms with Crippen molar-refractivity contribution in [1.82, 2.24) is 4.90 Å². The molecule has 1 saturated carbocycles. The van der Waals surface area contributed by atoms with Crippen LogP contribution in [0.25, 0.3) is 10.8 Å². The molecule has 0 spiro atoms. The maximum atomic E-state index is 5.22. The third kappa shape index (κ3) is 3.56. The molecule has 0 aromatic heterocycles. The number of hydrogen-bond donors (Lipinski definition) is 0. The van der Waals surface area contributed by atoms with Gasteiger partial charge in [-0.2, -0.15) is 0 Å². The van der Waals surface area contributed by atoms with Crippen molar-refractivity contribution in [3.63, 3.8) is 0 Å². The number of hydrogen-bond acceptors (Lipinski definition) is 2. The van der Waals surface area contributed by atoms with E-state index in [4.69, 9.17) is 4.99 Å². The molecule has 2 fully saturated rings. The normalized spacial score (nSPS) is 22.2. The summed E-state index contributed by atoms with van der Waals surface area (Å²) in [4.78, 5) is 7.84. The fraction of sp³-hybridized carbons (Fsp3) is 0.320. The van der Waals surface area contributed by atoms with Crippen LogP contribution in [0.3, 0.4) is 0 Å². The van der Waals surface area contributed by atoms with E-state index in [1.807, 2.05) is 11.8 Å². The second kappa shape index (κ2) is 8.00. The van der Waals surface area contributed by atoms with Gasteiger partial charge in [0.2, 0.25) is 0 Å². The topological polar surface area (TPSA) is 15.6 Å². The molecule has 5 rings (SSSR count). The Morgan fingerprint density at radius 2 is 1.54 bits per heavy atom. The summed E-state index contributed by atoms with van der Waals surface area (Å²) >= 11 is 1.94. The molecule has 1 heterocycles. The summed E-state index contributed by atoms with van der Waals surface area (Å²) in [6.45, 7) is 1.07. The number of aliphatic imine (C=N–C) groups is 1. The quantitative estimate of drug-likeness (QED) is 0.484. The first kappa shape index (κ1) is 17.8. The number of nitrogens with zero attached hydrogens (tertiary/aromatic N) is 2. The van der Waals surface area contributed by atoms with Crippen LogP contribution in [0, 0.1) is 0 Å². The van der Waals surface area contributed by atoms with Crippen LogP contribution in [0.1, 0.15) is 42.9 Å². The third-order valence-electron chi connectivity index (χ3n) is 6.03. The van der Waals surface area contributed by atoms with Crippen LogP contribution < -0.4 is 0 Å². The average molecular weight is 387 g/mol. The molecule has 1 atom stereocenters. The van der Waals surface area contributed by atoms with Gasteiger partial charge in [0.15, 0.2) is 5.17 Å². The lowest BCUT2D eigenvalue weighted by atomic mass is 9.94. The van der Waals surface area contributed by atoms with Gasteiger partial charge in [0.05, 0.1) is 10.9 Å². The Balaban J connectivity index is 1.53. The van der Waals surface area contributed by atoms with E-state index in [-0.39, 0.29) is 0 Å². The zero-order valence-electron chi connectivity index (χ0n) is 16.1. The number of amidine groups is 1. The molecule has 1 aliphatic carbocycles. The Morgan fingerprint density at radius 1 is 0.786 bits per heavy atom. The van der Waals surface area contributed by atoms with Gasteiger partial charge >= 0.3 is 0 Å². The predicted octanol–water partition coefficient (Wildman–Crippen LogP) is 6.95. The number of thioether (sulfide) groups is 1. The van der Waals surface area contributed by atoms with Crippen molar-refractivity contribution in [2.24, 2.45) is 4.99 Å². The number of benzene rings is 3. The van der Waals surface area contributed by atoms with E-state index in [9.17, 15) is 0 Å². The second-order valence-corrected chi connectivity index (χ2v) is 9.02. The summed E-state index contributed by atoms with van der Waals surface area (Å²) in [5, 5.41) is 4.18. The minimum atomic E-state index is 0.469. The van der Waals surface area contributed by atoms with E-state index in [2.05, 4.69) is 77.7 Å². The minimum absolute atomic E-state index is 0.469. The smallest absolute Gasteiger partial charge is 0.165 e. The highest BCUT2D eigenvalue weighted by atomic mass is 32.2. The van der Waals surface area contributed by atoms with Gasteiger partial charge in [0.1, 0.15) is 0 Å². The van der Waals surface area contributed by atoms with Crippen molar-refractivity contribution in [3.05, 3.63) is 78.4 Å². The Labute approximate surface area is 171 Å². The SMILES string of the molecule is c1ccc([C@@H]2CN(C3CCCCC3)C(=Nc3cccc4ccccc34)S2)cc1. The third-order valence-corrected chi connectivity index (χ3v) is 7.27. The molecule has 0 unspecified atom stereocenters. The van der Waals surface area contributed by atoms with E-state index >= 15 is 0 Å². The lowest BCUT2D eigenvalue weighted by molar-refractivity contribution is 0.253. The maximum Gasteiger partial charge on any atom is 0.165 e. The van der Waals surface area contributed by atoms with Gasteiger partial charge in [-0.15, -0.1) is 0 Å². The Hall–Kier alpha value is -2.26. The van der Waals surface area contributed by atoms with Gasteiger partial charge in [-0.25, -0.2) is 4.99 Å². The summed E-state index contributed by atoms with van der Waals surface area (Å²) in [5.74, 6) is 0. The van der Waals surface area contributed by atoms with Gasteiger partial charge in [0.25, 0.3) is 0 Å². The standard InChI is InChI=1S/C25H26N2S/c1-3-11-20(12-4-1)24-18-27(21-14-5-2-6-15-21)25(28-24)26-23-17-9-13-19-10-7-8-16-22(19)23/h1,3-4,7-13,16-17,21,24H,2,5-6,14-15,18H2/t24-/m0/s1. The van der Waals surface area contributed by atoms with E-state index in [0.29, 0.717) is 11.3 Å². The molecular weight excluding hydrogens is 360 g/mol. The van der Waals surface area contributed by atoms with E-state index < -0.39 is 0 Å². The molecule has 3 aromatic rings. The number of fused-ring (bicyclic) bond motifs is 1. The molecule has 1 saturated heterocycles. The van der Waals surface area contributed by atoms with Crippen LogP contribution in [0.4, 0.5) is 5.69 Å². The molecular formula is C25H26N2S. The van der Waals surface area contributed by atoms with Gasteiger partial charge in [-0.05, 0) is 29.9 Å². The molecule has 2 aliphatic rings. The van der Waals surface area contributed by atoms with E-state index in [0.717, 1.165) is 12.2 Å². The predicted molar refractivity (Wildman–Crippen MR) is 121 cm³/mol. The lowest BCUT2D eigenvalue weighted by Gasteiger charge is -2.32. The van der Waals surface area contributed by atoms with Crippen LogP contribution in [0.15, 0.2) is 77.8 Å². The molecule has 28 heavy (non-hydrogen) atoms. The molecule has 3 heteroatoms. The van der Waals surface area contributed by atoms with Crippen LogP contribution in [0.2, 0.25) is 0 Å². The van der Waals surface area contributed by atoms with E-state index in [1.54, 1.807) is 0 Å². The maximum absolute atomic E-state index is 5.22. The molecule has 2 nitrogen and oxygen atoms in total. The average Bonchev–Trinajstić information content (AvgIpc) is 3.19. The van der Waals surface area contributed by atoms with Crippen molar-refractivity contribution >= 4 is 33.4 Å². The van der Waals surface area contributed by atoms with Crippen molar-refractivity contribution in [2.75, 3.05) is 6.54 Å². The molecule has 142 valence electrons. The highest BCUT2D eigenvalue weighted by Crippen LogP contribution is 2.42. The Morgan fingerprint density at radius 3 is 2.39 bits per heavy atom. The van der Waals surface area contributed by atoms with Gasteiger partial charge in [0, 0.05) is 18.0 Å². The molecule has 0 N–H and O–H groups in total. The van der Waals surface area contributed by atoms with Crippen molar-refractivity contribution in [1.29, 1.82) is 0 Å². The van der Waals surface area contributed by atoms with E-state index in [1.165, 1.54) is 53.6 Å². The summed E-state index contributed by atoms with van der Waals surface area (Å²) in [6.07, 6.45) is 6.69. The van der Waals surface area contributed by atoms with Crippen LogP contribution in [-0.2, 0) is 0 Å². The lowest BCUT2D eigenvalue weighted by Crippen LogP contribution is -2.37. The minimum Gasteiger partial charge on any atom is -0.347 e. The first-order chi connectivity index (χ1) is 13.9.